The SMILES string of the molecule is CC(C)(C)OC(=O)NC1CC(NCc2ccc(OC(F)(F)F)cc2)C1. The molecular weight excluding hydrogens is 337 g/mol. The molecule has 0 unspecified atom stereocenters. The zero-order valence-electron chi connectivity index (χ0n) is 14.4. The standard InChI is InChI=1S/C17H23F3N2O3/c1-16(2,3)25-15(23)22-13-8-12(9-13)21-10-11-4-6-14(7-5-11)24-17(18,19)20/h4-7,12-13,21H,8-10H2,1-3H3,(H,22,23). The molecule has 0 saturated heterocycles. The van der Waals surface area contributed by atoms with E-state index < -0.39 is 18.1 Å². The summed E-state index contributed by atoms with van der Waals surface area (Å²) in [6.07, 6.45) is -3.53. The normalized spacial score (nSPS) is 20.6. The van der Waals surface area contributed by atoms with Gasteiger partial charge in [-0.15, -0.1) is 13.2 Å². The zero-order valence-corrected chi connectivity index (χ0v) is 14.4. The topological polar surface area (TPSA) is 59.6 Å². The van der Waals surface area contributed by atoms with Crippen molar-refractivity contribution in [1.29, 1.82) is 0 Å². The second-order valence-corrected chi connectivity index (χ2v) is 7.08. The first-order chi connectivity index (χ1) is 11.5. The van der Waals surface area contributed by atoms with Crippen LogP contribution in [0.25, 0.3) is 0 Å². The molecule has 5 nitrogen and oxygen atoms in total. The first-order valence-corrected chi connectivity index (χ1v) is 8.08. The maximum Gasteiger partial charge on any atom is 0.573 e. The average molecular weight is 360 g/mol. The highest BCUT2D eigenvalue weighted by molar-refractivity contribution is 5.68. The van der Waals surface area contributed by atoms with E-state index in [1.165, 1.54) is 12.1 Å². The number of halogens is 3. The third-order valence-electron chi connectivity index (χ3n) is 3.61. The molecule has 1 aliphatic rings. The summed E-state index contributed by atoms with van der Waals surface area (Å²) in [5, 5.41) is 6.11. The van der Waals surface area contributed by atoms with Gasteiger partial charge < -0.3 is 20.1 Å². The Labute approximate surface area is 144 Å². The molecule has 0 spiro atoms. The summed E-state index contributed by atoms with van der Waals surface area (Å²) >= 11 is 0. The van der Waals surface area contributed by atoms with Gasteiger partial charge in [-0.2, -0.15) is 0 Å². The van der Waals surface area contributed by atoms with E-state index in [2.05, 4.69) is 15.4 Å². The maximum atomic E-state index is 12.1. The van der Waals surface area contributed by atoms with Crippen LogP contribution in [-0.2, 0) is 11.3 Å². The molecule has 0 radical (unpaired) electrons. The summed E-state index contributed by atoms with van der Waals surface area (Å²) < 4.78 is 45.3. The number of alkyl carbamates (subject to hydrolysis) is 1. The summed E-state index contributed by atoms with van der Waals surface area (Å²) in [6, 6.07) is 6.09. The van der Waals surface area contributed by atoms with E-state index in [1.54, 1.807) is 12.1 Å². The molecule has 140 valence electrons. The molecule has 1 aromatic rings. The van der Waals surface area contributed by atoms with E-state index in [4.69, 9.17) is 4.74 Å². The fourth-order valence-corrected chi connectivity index (χ4v) is 2.45. The lowest BCUT2D eigenvalue weighted by molar-refractivity contribution is -0.274. The third-order valence-corrected chi connectivity index (χ3v) is 3.61. The lowest BCUT2D eigenvalue weighted by Gasteiger charge is -2.36. The number of carbonyl (C=O) groups is 1. The Hall–Kier alpha value is -1.96. The first-order valence-electron chi connectivity index (χ1n) is 8.08. The molecule has 0 heterocycles. The minimum atomic E-state index is -4.68. The van der Waals surface area contributed by atoms with Crippen LogP contribution in [-0.4, -0.2) is 30.1 Å². The molecule has 2 N–H and O–H groups in total. The van der Waals surface area contributed by atoms with Gasteiger partial charge in [0.1, 0.15) is 11.4 Å². The van der Waals surface area contributed by atoms with Crippen molar-refractivity contribution in [2.45, 2.75) is 64.2 Å². The lowest BCUT2D eigenvalue weighted by Crippen LogP contribution is -2.52. The molecule has 1 saturated carbocycles. The highest BCUT2D eigenvalue weighted by atomic mass is 19.4. The molecule has 1 amide bonds. The summed E-state index contributed by atoms with van der Waals surface area (Å²) in [7, 11) is 0. The van der Waals surface area contributed by atoms with Gasteiger partial charge in [-0.25, -0.2) is 4.79 Å². The van der Waals surface area contributed by atoms with Crippen molar-refractivity contribution in [2.75, 3.05) is 0 Å². The quantitative estimate of drug-likeness (QED) is 0.840. The van der Waals surface area contributed by atoms with Crippen molar-refractivity contribution in [2.24, 2.45) is 0 Å². The van der Waals surface area contributed by atoms with E-state index in [-0.39, 0.29) is 17.8 Å². The van der Waals surface area contributed by atoms with Crippen molar-refractivity contribution >= 4 is 6.09 Å². The number of carbonyl (C=O) groups excluding carboxylic acids is 1. The van der Waals surface area contributed by atoms with Gasteiger partial charge in [0.2, 0.25) is 0 Å². The van der Waals surface area contributed by atoms with Gasteiger partial charge in [-0.3, -0.25) is 0 Å². The minimum absolute atomic E-state index is 0.0786. The van der Waals surface area contributed by atoms with Crippen LogP contribution in [0.2, 0.25) is 0 Å². The number of ether oxygens (including phenoxy) is 2. The van der Waals surface area contributed by atoms with Crippen LogP contribution in [0.5, 0.6) is 5.75 Å². The highest BCUT2D eigenvalue weighted by Crippen LogP contribution is 2.24. The smallest absolute Gasteiger partial charge is 0.444 e. The summed E-state index contributed by atoms with van der Waals surface area (Å²) in [5.41, 5.74) is 0.339. The molecule has 1 aliphatic carbocycles. The van der Waals surface area contributed by atoms with Crippen LogP contribution in [0.15, 0.2) is 24.3 Å². The predicted molar refractivity (Wildman–Crippen MR) is 86.1 cm³/mol. The van der Waals surface area contributed by atoms with Crippen LogP contribution < -0.4 is 15.4 Å². The van der Waals surface area contributed by atoms with Gasteiger partial charge in [0.05, 0.1) is 0 Å². The first kappa shape index (κ1) is 19.4. The molecule has 0 aliphatic heterocycles. The number of benzene rings is 1. The fourth-order valence-electron chi connectivity index (χ4n) is 2.45. The van der Waals surface area contributed by atoms with E-state index in [9.17, 15) is 18.0 Å². The molecule has 0 aromatic heterocycles. The van der Waals surface area contributed by atoms with Crippen molar-refractivity contribution in [1.82, 2.24) is 10.6 Å². The number of amides is 1. The van der Waals surface area contributed by atoms with Gasteiger partial charge in [0.15, 0.2) is 0 Å². The highest BCUT2D eigenvalue weighted by Gasteiger charge is 2.32. The van der Waals surface area contributed by atoms with Gasteiger partial charge in [0, 0.05) is 18.6 Å². The summed E-state index contributed by atoms with van der Waals surface area (Å²) in [6.45, 7) is 5.96. The van der Waals surface area contributed by atoms with Gasteiger partial charge >= 0.3 is 12.5 Å². The van der Waals surface area contributed by atoms with Crippen molar-refractivity contribution in [3.05, 3.63) is 29.8 Å². The summed E-state index contributed by atoms with van der Waals surface area (Å²) in [4.78, 5) is 11.6. The van der Waals surface area contributed by atoms with Crippen molar-refractivity contribution in [3.63, 3.8) is 0 Å². The van der Waals surface area contributed by atoms with Crippen LogP contribution in [0.4, 0.5) is 18.0 Å². The Morgan fingerprint density at radius 1 is 1.12 bits per heavy atom. The Balaban J connectivity index is 1.66. The monoisotopic (exact) mass is 360 g/mol. The van der Waals surface area contributed by atoms with Crippen molar-refractivity contribution < 1.29 is 27.4 Å². The average Bonchev–Trinajstić information content (AvgIpc) is 2.39. The molecule has 2 rings (SSSR count). The number of hydrogen-bond donors (Lipinski definition) is 2. The lowest BCUT2D eigenvalue weighted by atomic mass is 9.87. The zero-order chi connectivity index (χ0) is 18.7. The van der Waals surface area contributed by atoms with E-state index in [1.807, 2.05) is 20.8 Å². The number of nitrogens with one attached hydrogen (secondary N) is 2. The number of alkyl halides is 3. The molecule has 8 heteroatoms. The minimum Gasteiger partial charge on any atom is -0.444 e. The van der Waals surface area contributed by atoms with E-state index >= 15 is 0 Å². The molecular formula is C17H23F3N2O3. The molecule has 1 fully saturated rings. The third kappa shape index (κ3) is 7.21. The van der Waals surface area contributed by atoms with Gasteiger partial charge in [0.25, 0.3) is 0 Å². The van der Waals surface area contributed by atoms with Crippen LogP contribution in [0.1, 0.15) is 39.2 Å². The molecule has 0 bridgehead atoms. The van der Waals surface area contributed by atoms with Crippen LogP contribution in [0, 0.1) is 0 Å². The van der Waals surface area contributed by atoms with Crippen LogP contribution >= 0.6 is 0 Å². The maximum absolute atomic E-state index is 12.1. The Morgan fingerprint density at radius 2 is 1.72 bits per heavy atom. The number of hydrogen-bond acceptors (Lipinski definition) is 4. The van der Waals surface area contributed by atoms with Gasteiger partial charge in [-0.05, 0) is 51.3 Å². The van der Waals surface area contributed by atoms with Gasteiger partial charge in [-0.1, -0.05) is 12.1 Å². The predicted octanol–water partition coefficient (Wildman–Crippen LogP) is 3.73. The second kappa shape index (κ2) is 7.51. The van der Waals surface area contributed by atoms with E-state index in [0.29, 0.717) is 6.54 Å². The van der Waals surface area contributed by atoms with Crippen LogP contribution in [0.3, 0.4) is 0 Å². The Morgan fingerprint density at radius 3 is 2.24 bits per heavy atom. The van der Waals surface area contributed by atoms with Crippen molar-refractivity contribution in [3.8, 4) is 5.75 Å². The number of rotatable bonds is 5. The second-order valence-electron chi connectivity index (χ2n) is 7.08. The van der Waals surface area contributed by atoms with E-state index in [0.717, 1.165) is 18.4 Å². The Kier molecular flexibility index (Phi) is 5.82. The largest absolute Gasteiger partial charge is 0.573 e. The molecule has 25 heavy (non-hydrogen) atoms. The summed E-state index contributed by atoms with van der Waals surface area (Å²) in [5.74, 6) is -0.235. The Bertz CT molecular complexity index is 576. The molecule has 1 aromatic carbocycles. The molecule has 0 atom stereocenters. The fraction of sp³-hybridized carbons (Fsp3) is 0.588.